The van der Waals surface area contributed by atoms with E-state index < -0.39 is 23.8 Å². The van der Waals surface area contributed by atoms with E-state index in [2.05, 4.69) is 0 Å². The number of carbonyl (C=O) groups excluding carboxylic acids is 2. The predicted molar refractivity (Wildman–Crippen MR) is 111 cm³/mol. The molecule has 4 rings (SSSR count). The second-order valence-electron chi connectivity index (χ2n) is 7.18. The van der Waals surface area contributed by atoms with Gasteiger partial charge in [-0.25, -0.2) is 0 Å². The smallest absolute Gasteiger partial charge is 0.311 e. The van der Waals surface area contributed by atoms with E-state index in [4.69, 9.17) is 13.9 Å². The van der Waals surface area contributed by atoms with Gasteiger partial charge >= 0.3 is 11.9 Å². The van der Waals surface area contributed by atoms with Crippen molar-refractivity contribution in [2.45, 2.75) is 0 Å². The lowest BCUT2D eigenvalue weighted by Crippen LogP contribution is -2.30. The van der Waals surface area contributed by atoms with E-state index in [1.807, 2.05) is 35.2 Å². The van der Waals surface area contributed by atoms with Crippen LogP contribution in [0.5, 0.6) is 0 Å². The summed E-state index contributed by atoms with van der Waals surface area (Å²) < 4.78 is 15.6. The van der Waals surface area contributed by atoms with Crippen LogP contribution in [0, 0.1) is 11.8 Å². The number of methoxy groups -OCH3 is 2. The summed E-state index contributed by atoms with van der Waals surface area (Å²) in [7, 11) is 2.62. The molecule has 3 aromatic rings. The Balaban J connectivity index is 1.60. The van der Waals surface area contributed by atoms with Crippen LogP contribution in [0.4, 0.5) is 5.69 Å². The van der Waals surface area contributed by atoms with Gasteiger partial charge in [-0.15, -0.1) is 0 Å². The molecule has 0 saturated carbocycles. The molecule has 154 valence electrons. The van der Waals surface area contributed by atoms with E-state index in [0.29, 0.717) is 29.8 Å². The first-order chi connectivity index (χ1) is 14.5. The molecular weight excluding hydrogens is 386 g/mol. The van der Waals surface area contributed by atoms with Gasteiger partial charge in [0, 0.05) is 30.4 Å². The highest BCUT2D eigenvalue weighted by atomic mass is 16.5. The molecule has 30 heavy (non-hydrogen) atoms. The molecule has 0 amide bonds. The molecule has 0 spiro atoms. The molecule has 2 atom stereocenters. The third-order valence-electron chi connectivity index (χ3n) is 5.48. The molecule has 1 aromatic heterocycles. The third kappa shape index (κ3) is 3.54. The number of rotatable bonds is 4. The highest BCUT2D eigenvalue weighted by molar-refractivity contribution is 5.84. The molecule has 0 unspecified atom stereocenters. The number of ether oxygens (including phenoxy) is 2. The molecular formula is C23H21NO6. The number of hydrogen-bond acceptors (Lipinski definition) is 7. The van der Waals surface area contributed by atoms with Crippen LogP contribution in [0.15, 0.2) is 63.8 Å². The Morgan fingerprint density at radius 3 is 2.13 bits per heavy atom. The molecule has 2 aromatic carbocycles. The van der Waals surface area contributed by atoms with Gasteiger partial charge < -0.3 is 18.8 Å². The molecule has 0 radical (unpaired) electrons. The molecule has 0 bridgehead atoms. The summed E-state index contributed by atoms with van der Waals surface area (Å²) in [5.41, 5.74) is 2.04. The zero-order chi connectivity index (χ0) is 21.3. The fourth-order valence-electron chi connectivity index (χ4n) is 3.88. The summed E-state index contributed by atoms with van der Waals surface area (Å²) in [6.45, 7) is 0.716. The van der Waals surface area contributed by atoms with Crippen molar-refractivity contribution in [2.75, 3.05) is 32.2 Å². The van der Waals surface area contributed by atoms with Crippen LogP contribution in [-0.4, -0.2) is 39.2 Å². The Bertz CT molecular complexity index is 1130. The average molecular weight is 407 g/mol. The largest absolute Gasteiger partial charge is 0.469 e. The van der Waals surface area contributed by atoms with Crippen molar-refractivity contribution in [3.8, 4) is 11.3 Å². The van der Waals surface area contributed by atoms with Gasteiger partial charge in [0.1, 0.15) is 11.3 Å². The van der Waals surface area contributed by atoms with Crippen molar-refractivity contribution in [2.24, 2.45) is 11.8 Å². The van der Waals surface area contributed by atoms with Gasteiger partial charge in [-0.1, -0.05) is 12.1 Å². The zero-order valence-corrected chi connectivity index (χ0v) is 16.7. The Hall–Kier alpha value is -3.61. The van der Waals surface area contributed by atoms with Gasteiger partial charge in [0.2, 0.25) is 0 Å². The Morgan fingerprint density at radius 2 is 1.53 bits per heavy atom. The van der Waals surface area contributed by atoms with Crippen molar-refractivity contribution in [3.63, 3.8) is 0 Å². The zero-order valence-electron chi connectivity index (χ0n) is 16.7. The summed E-state index contributed by atoms with van der Waals surface area (Å²) in [6.07, 6.45) is 0. The monoisotopic (exact) mass is 407 g/mol. The van der Waals surface area contributed by atoms with Crippen LogP contribution in [-0.2, 0) is 19.1 Å². The molecule has 1 saturated heterocycles. The second kappa shape index (κ2) is 8.02. The number of carbonyl (C=O) groups is 2. The number of fused-ring (bicyclic) bond motifs is 1. The van der Waals surface area contributed by atoms with Crippen LogP contribution < -0.4 is 10.3 Å². The summed E-state index contributed by atoms with van der Waals surface area (Å²) in [5.74, 6) is -1.54. The Morgan fingerprint density at radius 1 is 0.933 bits per heavy atom. The summed E-state index contributed by atoms with van der Waals surface area (Å²) in [4.78, 5) is 38.5. The number of nitrogens with zero attached hydrogens (tertiary/aromatic N) is 1. The number of hydrogen-bond donors (Lipinski definition) is 0. The number of para-hydroxylation sites is 1. The second-order valence-corrected chi connectivity index (χ2v) is 7.18. The maximum absolute atomic E-state index is 12.3. The van der Waals surface area contributed by atoms with E-state index in [-0.39, 0.29) is 5.43 Å². The first-order valence-electron chi connectivity index (χ1n) is 9.55. The minimum absolute atomic E-state index is 0.0997. The summed E-state index contributed by atoms with van der Waals surface area (Å²) in [6, 6.07) is 16.0. The van der Waals surface area contributed by atoms with E-state index in [1.54, 1.807) is 18.2 Å². The molecule has 1 fully saturated rings. The fourth-order valence-corrected chi connectivity index (χ4v) is 3.88. The molecule has 7 nitrogen and oxygen atoms in total. The maximum Gasteiger partial charge on any atom is 0.311 e. The summed E-state index contributed by atoms with van der Waals surface area (Å²) in [5, 5.41) is 0.539. The van der Waals surface area contributed by atoms with Crippen LogP contribution >= 0.6 is 0 Å². The van der Waals surface area contributed by atoms with Gasteiger partial charge in [0.25, 0.3) is 0 Å². The lowest BCUT2D eigenvalue weighted by Gasteiger charge is -2.18. The first kappa shape index (κ1) is 19.7. The van der Waals surface area contributed by atoms with Crippen molar-refractivity contribution in [1.82, 2.24) is 0 Å². The van der Waals surface area contributed by atoms with Gasteiger partial charge in [0.15, 0.2) is 5.43 Å². The fraction of sp³-hybridized carbons (Fsp3) is 0.261. The highest BCUT2D eigenvalue weighted by Gasteiger charge is 2.43. The van der Waals surface area contributed by atoms with Gasteiger partial charge in [-0.3, -0.25) is 14.4 Å². The SMILES string of the molecule is COC(=O)[C@@H]1CN(c2ccc(-c3cc(=O)c4ccccc4o3)cc2)C[C@H]1C(=O)OC. The predicted octanol–water partition coefficient (Wildman–Crippen LogP) is 2.86. The van der Waals surface area contributed by atoms with E-state index in [9.17, 15) is 14.4 Å². The lowest BCUT2D eigenvalue weighted by atomic mass is 9.96. The van der Waals surface area contributed by atoms with Crippen LogP contribution in [0.2, 0.25) is 0 Å². The van der Waals surface area contributed by atoms with Crippen LogP contribution in [0.3, 0.4) is 0 Å². The van der Waals surface area contributed by atoms with Gasteiger partial charge in [0.05, 0.1) is 31.4 Å². The molecule has 7 heteroatoms. The molecule has 1 aliphatic rings. The van der Waals surface area contributed by atoms with Crippen molar-refractivity contribution in [1.29, 1.82) is 0 Å². The van der Waals surface area contributed by atoms with Crippen molar-refractivity contribution >= 4 is 28.6 Å². The van der Waals surface area contributed by atoms with Crippen LogP contribution in [0.1, 0.15) is 0 Å². The Labute approximate surface area is 172 Å². The standard InChI is InChI=1S/C23H21NO6/c1-28-22(26)17-12-24(13-18(17)23(27)29-2)15-9-7-14(8-10-15)21-11-19(25)16-5-3-4-6-20(16)30-21/h3-11,17-18H,12-13H2,1-2H3/t17-,18-/m1/s1. The van der Waals surface area contributed by atoms with Crippen molar-refractivity contribution < 1.29 is 23.5 Å². The quantitative estimate of drug-likeness (QED) is 0.615. The minimum atomic E-state index is -0.583. The maximum atomic E-state index is 12.3. The van der Waals surface area contributed by atoms with E-state index >= 15 is 0 Å². The highest BCUT2D eigenvalue weighted by Crippen LogP contribution is 2.32. The molecule has 0 aliphatic carbocycles. The van der Waals surface area contributed by atoms with Crippen LogP contribution in [0.25, 0.3) is 22.3 Å². The van der Waals surface area contributed by atoms with Crippen molar-refractivity contribution in [3.05, 3.63) is 64.8 Å². The molecule has 2 heterocycles. The molecule has 1 aliphatic heterocycles. The number of benzene rings is 2. The minimum Gasteiger partial charge on any atom is -0.469 e. The lowest BCUT2D eigenvalue weighted by molar-refractivity contribution is -0.155. The number of anilines is 1. The average Bonchev–Trinajstić information content (AvgIpc) is 3.23. The Kier molecular flexibility index (Phi) is 5.27. The number of esters is 2. The third-order valence-corrected chi connectivity index (χ3v) is 5.48. The van der Waals surface area contributed by atoms with Gasteiger partial charge in [-0.2, -0.15) is 0 Å². The first-order valence-corrected chi connectivity index (χ1v) is 9.55. The molecule has 0 N–H and O–H groups in total. The van der Waals surface area contributed by atoms with Gasteiger partial charge in [-0.05, 0) is 36.4 Å². The normalized spacial score (nSPS) is 18.4. The topological polar surface area (TPSA) is 86.0 Å². The van der Waals surface area contributed by atoms with E-state index in [0.717, 1.165) is 11.3 Å². The summed E-state index contributed by atoms with van der Waals surface area (Å²) >= 11 is 0. The van der Waals surface area contributed by atoms with E-state index in [1.165, 1.54) is 20.3 Å².